The van der Waals surface area contributed by atoms with E-state index >= 15 is 0 Å². The van der Waals surface area contributed by atoms with Gasteiger partial charge in [0.15, 0.2) is 5.69 Å². The van der Waals surface area contributed by atoms with E-state index in [2.05, 4.69) is 20.5 Å². The van der Waals surface area contributed by atoms with Crippen LogP contribution in [0.5, 0.6) is 0 Å². The molecule has 17 heavy (non-hydrogen) atoms. The lowest BCUT2D eigenvalue weighted by Crippen LogP contribution is -2.01. The van der Waals surface area contributed by atoms with Crippen LogP contribution in [-0.2, 0) is 0 Å². The van der Waals surface area contributed by atoms with Crippen molar-refractivity contribution in [1.82, 2.24) is 15.2 Å². The van der Waals surface area contributed by atoms with Crippen molar-refractivity contribution >= 4 is 28.0 Å². The molecule has 0 fully saturated rings. The minimum atomic E-state index is -1.05. The van der Waals surface area contributed by atoms with Gasteiger partial charge < -0.3 is 10.4 Å². The Bertz CT molecular complexity index is 567. The summed E-state index contributed by atoms with van der Waals surface area (Å²) in [5.41, 5.74) is 1.48. The van der Waals surface area contributed by atoms with E-state index in [4.69, 9.17) is 5.11 Å². The summed E-state index contributed by atoms with van der Waals surface area (Å²) < 4.78 is 0. The molecule has 0 saturated heterocycles. The molecule has 0 bridgehead atoms. The largest absolute Gasteiger partial charge is 0.476 e. The van der Waals surface area contributed by atoms with Gasteiger partial charge in [0.1, 0.15) is 5.00 Å². The molecule has 2 rings (SSSR count). The summed E-state index contributed by atoms with van der Waals surface area (Å²) in [5, 5.41) is 20.8. The summed E-state index contributed by atoms with van der Waals surface area (Å²) in [5.74, 6) is -1.05. The molecule has 0 aromatic carbocycles. The zero-order valence-corrected chi connectivity index (χ0v) is 10.1. The maximum atomic E-state index is 11.0. The maximum Gasteiger partial charge on any atom is 0.357 e. The van der Waals surface area contributed by atoms with Crippen LogP contribution in [0.3, 0.4) is 0 Å². The minimum Gasteiger partial charge on any atom is -0.476 e. The van der Waals surface area contributed by atoms with E-state index in [1.54, 1.807) is 13.0 Å². The fourth-order valence-corrected chi connectivity index (χ4v) is 2.16. The van der Waals surface area contributed by atoms with Crippen LogP contribution in [0.4, 0.5) is 10.7 Å². The first kappa shape index (κ1) is 11.5. The molecule has 2 N–H and O–H groups in total. The molecule has 2 heterocycles. The van der Waals surface area contributed by atoms with E-state index in [1.807, 2.05) is 6.92 Å². The highest BCUT2D eigenvalue weighted by atomic mass is 32.1. The molecule has 0 spiro atoms. The van der Waals surface area contributed by atoms with Crippen molar-refractivity contribution in [3.8, 4) is 0 Å². The van der Waals surface area contributed by atoms with E-state index < -0.39 is 5.97 Å². The number of aromatic carboxylic acids is 1. The Morgan fingerprint density at radius 3 is 2.88 bits per heavy atom. The second-order valence-electron chi connectivity index (χ2n) is 3.43. The van der Waals surface area contributed by atoms with Crippen LogP contribution in [0.2, 0.25) is 0 Å². The lowest BCUT2D eigenvalue weighted by molar-refractivity contribution is 0.0692. The van der Waals surface area contributed by atoms with Gasteiger partial charge >= 0.3 is 5.97 Å². The van der Waals surface area contributed by atoms with Crippen molar-refractivity contribution in [2.45, 2.75) is 13.8 Å². The van der Waals surface area contributed by atoms with E-state index in [1.165, 1.54) is 17.5 Å². The van der Waals surface area contributed by atoms with E-state index in [-0.39, 0.29) is 5.69 Å². The Balaban J connectivity index is 2.32. The van der Waals surface area contributed by atoms with E-state index in [9.17, 15) is 4.79 Å². The van der Waals surface area contributed by atoms with Crippen LogP contribution in [0.15, 0.2) is 12.3 Å². The SMILES string of the molecule is Cc1cc(Nc2sc(C)nc2C(=O)O)cnn1. The topological polar surface area (TPSA) is 88.0 Å². The molecule has 0 aliphatic carbocycles. The molecular formula is C10H10N4O2S. The average molecular weight is 250 g/mol. The van der Waals surface area contributed by atoms with Crippen molar-refractivity contribution in [2.24, 2.45) is 0 Å². The van der Waals surface area contributed by atoms with Crippen LogP contribution in [0, 0.1) is 13.8 Å². The van der Waals surface area contributed by atoms with Crippen LogP contribution in [0.25, 0.3) is 0 Å². The number of carboxylic acid groups (broad SMARTS) is 1. The van der Waals surface area contributed by atoms with Gasteiger partial charge in [-0.05, 0) is 19.9 Å². The standard InChI is InChI=1S/C10H10N4O2S/c1-5-3-7(4-11-14-5)13-9-8(10(15)16)12-6(2)17-9/h3-4H,1-2H3,(H,13,14)(H,15,16). The molecule has 0 aliphatic rings. The van der Waals surface area contributed by atoms with Crippen LogP contribution in [0.1, 0.15) is 21.2 Å². The van der Waals surface area contributed by atoms with Gasteiger partial charge in [-0.25, -0.2) is 9.78 Å². The Hall–Kier alpha value is -2.02. The molecule has 0 saturated carbocycles. The second kappa shape index (κ2) is 4.46. The highest BCUT2D eigenvalue weighted by Gasteiger charge is 2.15. The van der Waals surface area contributed by atoms with Gasteiger partial charge in [0, 0.05) is 0 Å². The smallest absolute Gasteiger partial charge is 0.357 e. The van der Waals surface area contributed by atoms with Gasteiger partial charge in [-0.15, -0.1) is 11.3 Å². The number of hydrogen-bond acceptors (Lipinski definition) is 6. The second-order valence-corrected chi connectivity index (χ2v) is 4.63. The van der Waals surface area contributed by atoms with E-state index in [0.717, 1.165) is 5.69 Å². The summed E-state index contributed by atoms with van der Waals surface area (Å²) in [7, 11) is 0. The van der Waals surface area contributed by atoms with Gasteiger partial charge in [0.25, 0.3) is 0 Å². The Morgan fingerprint density at radius 1 is 1.47 bits per heavy atom. The Kier molecular flexibility index (Phi) is 3.01. The molecule has 0 unspecified atom stereocenters. The zero-order valence-electron chi connectivity index (χ0n) is 9.26. The summed E-state index contributed by atoms with van der Waals surface area (Å²) in [6.07, 6.45) is 1.54. The number of hydrogen-bond donors (Lipinski definition) is 2. The number of carboxylic acids is 1. The predicted octanol–water partition coefficient (Wildman–Crippen LogP) is 1.99. The summed E-state index contributed by atoms with van der Waals surface area (Å²) >= 11 is 1.29. The van der Waals surface area contributed by atoms with Crippen molar-refractivity contribution in [1.29, 1.82) is 0 Å². The molecule has 0 amide bonds. The summed E-state index contributed by atoms with van der Waals surface area (Å²) in [6.45, 7) is 3.58. The highest BCUT2D eigenvalue weighted by molar-refractivity contribution is 7.16. The van der Waals surface area contributed by atoms with Crippen molar-refractivity contribution < 1.29 is 9.90 Å². The number of rotatable bonds is 3. The third-order valence-corrected chi connectivity index (χ3v) is 2.86. The van der Waals surface area contributed by atoms with E-state index in [0.29, 0.717) is 15.7 Å². The van der Waals surface area contributed by atoms with Gasteiger partial charge in [0.2, 0.25) is 0 Å². The van der Waals surface area contributed by atoms with Gasteiger partial charge in [-0.1, -0.05) is 0 Å². The minimum absolute atomic E-state index is 0.0296. The number of aryl methyl sites for hydroxylation is 2. The number of aromatic nitrogens is 3. The first-order valence-corrected chi connectivity index (χ1v) is 5.65. The lowest BCUT2D eigenvalue weighted by atomic mass is 10.3. The number of nitrogens with one attached hydrogen (secondary N) is 1. The number of thiazole rings is 1. The number of carbonyl (C=O) groups is 1. The van der Waals surface area contributed by atoms with Crippen molar-refractivity contribution in [3.63, 3.8) is 0 Å². The van der Waals surface area contributed by atoms with Crippen LogP contribution >= 0.6 is 11.3 Å². The highest BCUT2D eigenvalue weighted by Crippen LogP contribution is 2.27. The first-order chi connectivity index (χ1) is 8.06. The van der Waals surface area contributed by atoms with Crippen molar-refractivity contribution in [3.05, 3.63) is 28.7 Å². The molecule has 0 aliphatic heterocycles. The summed E-state index contributed by atoms with van der Waals surface area (Å²) in [6, 6.07) is 1.79. The lowest BCUT2D eigenvalue weighted by Gasteiger charge is -2.03. The zero-order chi connectivity index (χ0) is 12.4. The molecule has 7 heteroatoms. The third kappa shape index (κ3) is 2.56. The molecule has 0 atom stereocenters. The van der Waals surface area contributed by atoms with Gasteiger partial charge in [-0.3, -0.25) is 0 Å². The monoisotopic (exact) mass is 250 g/mol. The fraction of sp³-hybridized carbons (Fsp3) is 0.200. The summed E-state index contributed by atoms with van der Waals surface area (Å²) in [4.78, 5) is 14.9. The van der Waals surface area contributed by atoms with Crippen LogP contribution in [-0.4, -0.2) is 26.3 Å². The molecular weight excluding hydrogens is 240 g/mol. The number of nitrogens with zero attached hydrogens (tertiary/aromatic N) is 3. The third-order valence-electron chi connectivity index (χ3n) is 1.97. The Morgan fingerprint density at radius 2 is 2.24 bits per heavy atom. The molecule has 88 valence electrons. The maximum absolute atomic E-state index is 11.0. The molecule has 0 radical (unpaired) electrons. The molecule has 2 aromatic rings. The first-order valence-electron chi connectivity index (χ1n) is 4.83. The normalized spacial score (nSPS) is 10.2. The van der Waals surface area contributed by atoms with Crippen LogP contribution < -0.4 is 5.32 Å². The van der Waals surface area contributed by atoms with Gasteiger partial charge in [0.05, 0.1) is 22.6 Å². The molecule has 2 aromatic heterocycles. The fourth-order valence-electron chi connectivity index (χ4n) is 1.33. The molecule has 6 nitrogen and oxygen atoms in total. The number of anilines is 2. The Labute approximate surface area is 101 Å². The van der Waals surface area contributed by atoms with Gasteiger partial charge in [-0.2, -0.15) is 10.2 Å². The quantitative estimate of drug-likeness (QED) is 0.866. The average Bonchev–Trinajstić information content (AvgIpc) is 2.59. The van der Waals surface area contributed by atoms with Crippen molar-refractivity contribution in [2.75, 3.05) is 5.32 Å². The predicted molar refractivity (Wildman–Crippen MR) is 63.9 cm³/mol.